The van der Waals surface area contributed by atoms with Gasteiger partial charge in [-0.1, -0.05) is 155 Å². The Morgan fingerprint density at radius 1 is 0.605 bits per heavy atom. The van der Waals surface area contributed by atoms with Crippen molar-refractivity contribution in [2.24, 2.45) is 5.73 Å². The number of ether oxygens (including phenoxy) is 2. The van der Waals surface area contributed by atoms with Crippen LogP contribution in [0.5, 0.6) is 0 Å². The van der Waals surface area contributed by atoms with E-state index in [0.717, 1.165) is 32.1 Å². The SMILES string of the molecule is CCCCCCCCCCCCCCOCC(COP(=O)(O)OCCN)OC(=O)CCCCCCCCCCCCCC. The normalized spacial score (nSPS) is 13.7. The van der Waals surface area contributed by atoms with E-state index in [1.54, 1.807) is 0 Å². The third-order valence-electron chi connectivity index (χ3n) is 7.77. The van der Waals surface area contributed by atoms with Gasteiger partial charge in [-0.2, -0.15) is 0 Å². The van der Waals surface area contributed by atoms with Crippen molar-refractivity contribution in [1.82, 2.24) is 0 Å². The quantitative estimate of drug-likeness (QED) is 0.0401. The molecule has 0 aliphatic carbocycles. The summed E-state index contributed by atoms with van der Waals surface area (Å²) in [4.78, 5) is 22.3. The van der Waals surface area contributed by atoms with Gasteiger partial charge < -0.3 is 20.1 Å². The largest absolute Gasteiger partial charge is 0.472 e. The molecule has 3 N–H and O–H groups in total. The molecule has 0 radical (unpaired) electrons. The minimum atomic E-state index is -4.26. The molecule has 2 unspecified atom stereocenters. The molecular formula is C34H70NO7P. The van der Waals surface area contributed by atoms with Crippen LogP contribution in [0, 0.1) is 0 Å². The van der Waals surface area contributed by atoms with Crippen LogP contribution in [0.1, 0.15) is 174 Å². The summed E-state index contributed by atoms with van der Waals surface area (Å²) in [7, 11) is -4.26. The van der Waals surface area contributed by atoms with E-state index in [4.69, 9.17) is 24.3 Å². The Hall–Kier alpha value is -0.500. The number of carbonyl (C=O) groups excluding carboxylic acids is 1. The van der Waals surface area contributed by atoms with Gasteiger partial charge in [-0.15, -0.1) is 0 Å². The summed E-state index contributed by atoms with van der Waals surface area (Å²) in [6.45, 7) is 4.94. The summed E-state index contributed by atoms with van der Waals surface area (Å²) in [5.74, 6) is -0.328. The van der Waals surface area contributed by atoms with Crippen molar-refractivity contribution >= 4 is 13.8 Å². The molecule has 0 aliphatic rings. The molecule has 0 spiro atoms. The molecule has 0 aliphatic heterocycles. The maximum absolute atomic E-state index is 12.5. The molecule has 9 heteroatoms. The highest BCUT2D eigenvalue weighted by Crippen LogP contribution is 2.43. The van der Waals surface area contributed by atoms with Crippen LogP contribution in [0.2, 0.25) is 0 Å². The van der Waals surface area contributed by atoms with Crippen molar-refractivity contribution in [1.29, 1.82) is 0 Å². The van der Waals surface area contributed by atoms with E-state index in [2.05, 4.69) is 13.8 Å². The molecular weight excluding hydrogens is 565 g/mol. The van der Waals surface area contributed by atoms with Gasteiger partial charge in [0.25, 0.3) is 0 Å². The summed E-state index contributed by atoms with van der Waals surface area (Å²) in [6.07, 6.45) is 29.6. The fraction of sp³-hybridized carbons (Fsp3) is 0.971. The fourth-order valence-electron chi connectivity index (χ4n) is 5.11. The lowest BCUT2D eigenvalue weighted by molar-refractivity contribution is -0.154. The number of hydrogen-bond acceptors (Lipinski definition) is 7. The molecule has 0 aromatic carbocycles. The second-order valence-electron chi connectivity index (χ2n) is 12.1. The maximum Gasteiger partial charge on any atom is 0.472 e. The second-order valence-corrected chi connectivity index (χ2v) is 13.6. The Morgan fingerprint density at radius 3 is 1.47 bits per heavy atom. The minimum Gasteiger partial charge on any atom is -0.457 e. The average molecular weight is 636 g/mol. The van der Waals surface area contributed by atoms with Crippen molar-refractivity contribution < 1.29 is 32.8 Å². The lowest BCUT2D eigenvalue weighted by Gasteiger charge is -2.20. The van der Waals surface area contributed by atoms with E-state index in [0.29, 0.717) is 13.0 Å². The molecule has 0 saturated heterocycles. The maximum atomic E-state index is 12.5. The van der Waals surface area contributed by atoms with Crippen LogP contribution in [0.15, 0.2) is 0 Å². The first-order valence-electron chi connectivity index (χ1n) is 18.0. The zero-order valence-electron chi connectivity index (χ0n) is 28.2. The third-order valence-corrected chi connectivity index (χ3v) is 8.76. The highest BCUT2D eigenvalue weighted by atomic mass is 31.2. The van der Waals surface area contributed by atoms with Crippen LogP contribution < -0.4 is 5.73 Å². The van der Waals surface area contributed by atoms with Crippen molar-refractivity contribution in [2.45, 2.75) is 180 Å². The molecule has 43 heavy (non-hydrogen) atoms. The predicted molar refractivity (Wildman–Crippen MR) is 178 cm³/mol. The van der Waals surface area contributed by atoms with Crippen molar-refractivity contribution in [2.75, 3.05) is 33.0 Å². The summed E-state index contributed by atoms with van der Waals surface area (Å²) in [5, 5.41) is 0. The Balaban J connectivity index is 4.08. The van der Waals surface area contributed by atoms with Crippen LogP contribution in [0.3, 0.4) is 0 Å². The molecule has 0 saturated carbocycles. The number of esters is 1. The molecule has 8 nitrogen and oxygen atoms in total. The van der Waals surface area contributed by atoms with E-state index in [-0.39, 0.29) is 32.3 Å². The van der Waals surface area contributed by atoms with Crippen LogP contribution >= 0.6 is 7.82 Å². The van der Waals surface area contributed by atoms with Gasteiger partial charge in [0.05, 0.1) is 19.8 Å². The summed E-state index contributed by atoms with van der Waals surface area (Å²) in [5.41, 5.74) is 5.34. The van der Waals surface area contributed by atoms with Gasteiger partial charge >= 0.3 is 13.8 Å². The lowest BCUT2D eigenvalue weighted by atomic mass is 10.0. The molecule has 0 bridgehead atoms. The predicted octanol–water partition coefficient (Wildman–Crippen LogP) is 9.80. The van der Waals surface area contributed by atoms with Crippen molar-refractivity contribution in [3.05, 3.63) is 0 Å². The molecule has 0 rings (SSSR count). The van der Waals surface area contributed by atoms with Crippen LogP contribution in [-0.4, -0.2) is 49.9 Å². The van der Waals surface area contributed by atoms with Crippen LogP contribution in [-0.2, 0) is 27.9 Å². The first kappa shape index (κ1) is 42.5. The van der Waals surface area contributed by atoms with Gasteiger partial charge in [0, 0.05) is 19.6 Å². The standard InChI is InChI=1S/C34H70NO7P/c1-3-5-7-9-11-13-15-17-19-21-23-25-27-34(36)42-33(32-41-43(37,38)40-30-28-35)31-39-29-26-24-22-20-18-16-14-12-10-8-6-4-2/h33H,3-32,35H2,1-2H3,(H,37,38). The van der Waals surface area contributed by atoms with Gasteiger partial charge in [-0.25, -0.2) is 4.57 Å². The monoisotopic (exact) mass is 635 g/mol. The first-order valence-corrected chi connectivity index (χ1v) is 19.5. The molecule has 0 amide bonds. The van der Waals surface area contributed by atoms with Gasteiger partial charge in [-0.3, -0.25) is 13.8 Å². The number of phosphoric ester groups is 1. The molecule has 2 atom stereocenters. The van der Waals surface area contributed by atoms with E-state index in [9.17, 15) is 14.3 Å². The molecule has 0 aromatic rings. The van der Waals surface area contributed by atoms with E-state index in [1.807, 2.05) is 0 Å². The first-order chi connectivity index (χ1) is 20.9. The van der Waals surface area contributed by atoms with E-state index >= 15 is 0 Å². The summed E-state index contributed by atoms with van der Waals surface area (Å²) < 4.78 is 33.2. The number of hydrogen-bond donors (Lipinski definition) is 2. The highest BCUT2D eigenvalue weighted by molar-refractivity contribution is 7.47. The van der Waals surface area contributed by atoms with Gasteiger partial charge in [0.2, 0.25) is 0 Å². The van der Waals surface area contributed by atoms with Gasteiger partial charge in [-0.05, 0) is 12.8 Å². The third kappa shape index (κ3) is 32.7. The second kappa shape index (κ2) is 32.9. The zero-order valence-corrected chi connectivity index (χ0v) is 29.1. The summed E-state index contributed by atoms with van der Waals surface area (Å²) in [6, 6.07) is 0. The Bertz CT molecular complexity index is 638. The van der Waals surface area contributed by atoms with Crippen LogP contribution in [0.25, 0.3) is 0 Å². The smallest absolute Gasteiger partial charge is 0.457 e. The Labute approximate surface area is 265 Å². The Kier molecular flexibility index (Phi) is 32.5. The molecule has 0 fully saturated rings. The van der Waals surface area contributed by atoms with E-state index < -0.39 is 13.9 Å². The van der Waals surface area contributed by atoms with Crippen molar-refractivity contribution in [3.63, 3.8) is 0 Å². The van der Waals surface area contributed by atoms with Crippen LogP contribution in [0.4, 0.5) is 0 Å². The van der Waals surface area contributed by atoms with Crippen molar-refractivity contribution in [3.8, 4) is 0 Å². The number of rotatable bonds is 35. The summed E-state index contributed by atoms with van der Waals surface area (Å²) >= 11 is 0. The Morgan fingerprint density at radius 2 is 1.02 bits per heavy atom. The number of phosphoric acid groups is 1. The van der Waals surface area contributed by atoms with E-state index in [1.165, 1.54) is 122 Å². The minimum absolute atomic E-state index is 0.0906. The fourth-order valence-corrected chi connectivity index (χ4v) is 5.88. The average Bonchev–Trinajstić information content (AvgIpc) is 2.99. The van der Waals surface area contributed by atoms with Gasteiger partial charge in [0.1, 0.15) is 6.10 Å². The molecule has 0 heterocycles. The number of carbonyl (C=O) groups is 1. The number of nitrogens with two attached hydrogens (primary N) is 1. The van der Waals surface area contributed by atoms with Gasteiger partial charge in [0.15, 0.2) is 0 Å². The molecule has 0 aromatic heterocycles. The number of unbranched alkanes of at least 4 members (excludes halogenated alkanes) is 22. The zero-order chi connectivity index (χ0) is 31.7. The topological polar surface area (TPSA) is 117 Å². The lowest BCUT2D eigenvalue weighted by Crippen LogP contribution is -2.28. The highest BCUT2D eigenvalue weighted by Gasteiger charge is 2.25. The molecule has 258 valence electrons.